The van der Waals surface area contributed by atoms with Gasteiger partial charge in [0.2, 0.25) is 0 Å². The average molecular weight is 391 g/mol. The summed E-state index contributed by atoms with van der Waals surface area (Å²) < 4.78 is 11.5. The highest BCUT2D eigenvalue weighted by atomic mass is 16.6. The summed E-state index contributed by atoms with van der Waals surface area (Å²) >= 11 is 0. The highest BCUT2D eigenvalue weighted by Crippen LogP contribution is 2.30. The fourth-order valence-electron chi connectivity index (χ4n) is 3.13. The number of fused-ring (bicyclic) bond motifs is 1. The van der Waals surface area contributed by atoms with E-state index in [-0.39, 0.29) is 17.6 Å². The Kier molecular flexibility index (Phi) is 6.40. The van der Waals surface area contributed by atoms with Crippen molar-refractivity contribution in [1.82, 2.24) is 5.32 Å². The van der Waals surface area contributed by atoms with Gasteiger partial charge in [0, 0.05) is 11.9 Å². The number of carbonyl (C=O) groups is 1. The maximum Gasteiger partial charge on any atom is 0.267 e. The van der Waals surface area contributed by atoms with Gasteiger partial charge in [-0.2, -0.15) is 5.26 Å². The summed E-state index contributed by atoms with van der Waals surface area (Å²) in [6.07, 6.45) is 1.21. The van der Waals surface area contributed by atoms with Crippen molar-refractivity contribution in [3.63, 3.8) is 0 Å². The molecule has 0 aromatic heterocycles. The number of carbonyl (C=O) groups excluding carboxylic acids is 1. The van der Waals surface area contributed by atoms with Gasteiger partial charge < -0.3 is 20.1 Å². The first-order chi connectivity index (χ1) is 14.0. The number of aryl methyl sites for hydroxylation is 1. The van der Waals surface area contributed by atoms with Gasteiger partial charge >= 0.3 is 0 Å². The SMILES string of the molecule is Cc1cccc(C(C)C)c1NC(=O)/C(C#N)=C\NCC1COc2ccccc2O1. The van der Waals surface area contributed by atoms with Crippen LogP contribution in [0.5, 0.6) is 11.5 Å². The summed E-state index contributed by atoms with van der Waals surface area (Å²) in [4.78, 5) is 12.6. The minimum absolute atomic E-state index is 0.0000807. The Morgan fingerprint density at radius 2 is 2.00 bits per heavy atom. The normalized spacial score (nSPS) is 15.6. The third-order valence-corrected chi connectivity index (χ3v) is 4.69. The second-order valence-electron chi connectivity index (χ2n) is 7.22. The quantitative estimate of drug-likeness (QED) is 0.576. The molecule has 1 unspecified atom stereocenters. The lowest BCUT2D eigenvalue weighted by Gasteiger charge is -2.26. The molecule has 1 aliphatic rings. The molecule has 0 spiro atoms. The van der Waals surface area contributed by atoms with Crippen LogP contribution >= 0.6 is 0 Å². The van der Waals surface area contributed by atoms with E-state index in [0.29, 0.717) is 18.9 Å². The van der Waals surface area contributed by atoms with E-state index in [1.165, 1.54) is 6.20 Å². The zero-order valence-electron chi connectivity index (χ0n) is 16.9. The third-order valence-electron chi connectivity index (χ3n) is 4.69. The van der Waals surface area contributed by atoms with Crippen molar-refractivity contribution >= 4 is 11.6 Å². The van der Waals surface area contributed by atoms with E-state index in [0.717, 1.165) is 22.6 Å². The molecule has 0 fully saturated rings. The summed E-state index contributed by atoms with van der Waals surface area (Å²) in [6, 6.07) is 15.3. The van der Waals surface area contributed by atoms with E-state index in [1.54, 1.807) is 0 Å². The largest absolute Gasteiger partial charge is 0.486 e. The monoisotopic (exact) mass is 391 g/mol. The van der Waals surface area contributed by atoms with Crippen LogP contribution in [-0.4, -0.2) is 25.2 Å². The molecule has 6 nitrogen and oxygen atoms in total. The van der Waals surface area contributed by atoms with E-state index in [1.807, 2.05) is 55.5 Å². The summed E-state index contributed by atoms with van der Waals surface area (Å²) in [5, 5.41) is 15.3. The molecular weight excluding hydrogens is 366 g/mol. The van der Waals surface area contributed by atoms with Crippen molar-refractivity contribution in [2.75, 3.05) is 18.5 Å². The van der Waals surface area contributed by atoms with Crippen molar-refractivity contribution in [2.45, 2.75) is 32.8 Å². The molecule has 1 amide bonds. The first kappa shape index (κ1) is 20.3. The lowest BCUT2D eigenvalue weighted by molar-refractivity contribution is -0.112. The molecule has 2 aromatic rings. The Morgan fingerprint density at radius 3 is 2.72 bits per heavy atom. The number of para-hydroxylation sites is 3. The van der Waals surface area contributed by atoms with Gasteiger partial charge in [-0.1, -0.05) is 44.2 Å². The van der Waals surface area contributed by atoms with Crippen molar-refractivity contribution in [1.29, 1.82) is 5.26 Å². The number of nitrogens with one attached hydrogen (secondary N) is 2. The minimum Gasteiger partial charge on any atom is -0.486 e. The lowest BCUT2D eigenvalue weighted by Crippen LogP contribution is -2.37. The van der Waals surface area contributed by atoms with Crippen LogP contribution in [0, 0.1) is 18.3 Å². The van der Waals surface area contributed by atoms with Crippen molar-refractivity contribution in [2.24, 2.45) is 0 Å². The summed E-state index contributed by atoms with van der Waals surface area (Å²) in [5.74, 6) is 1.22. The second-order valence-corrected chi connectivity index (χ2v) is 7.22. The molecule has 1 aliphatic heterocycles. The first-order valence-corrected chi connectivity index (χ1v) is 9.62. The van der Waals surface area contributed by atoms with E-state index < -0.39 is 5.91 Å². The van der Waals surface area contributed by atoms with Gasteiger partial charge in [0.1, 0.15) is 24.4 Å². The topological polar surface area (TPSA) is 83.4 Å². The van der Waals surface area contributed by atoms with Crippen LogP contribution in [0.2, 0.25) is 0 Å². The Morgan fingerprint density at radius 1 is 1.24 bits per heavy atom. The molecule has 0 bridgehead atoms. The first-order valence-electron chi connectivity index (χ1n) is 9.62. The molecule has 0 radical (unpaired) electrons. The molecule has 29 heavy (non-hydrogen) atoms. The van der Waals surface area contributed by atoms with E-state index in [4.69, 9.17) is 9.47 Å². The highest BCUT2D eigenvalue weighted by molar-refractivity contribution is 6.07. The zero-order chi connectivity index (χ0) is 20.8. The fourth-order valence-corrected chi connectivity index (χ4v) is 3.13. The van der Waals surface area contributed by atoms with Gasteiger partial charge in [0.05, 0.1) is 6.54 Å². The molecule has 0 aliphatic carbocycles. The van der Waals surface area contributed by atoms with Gasteiger partial charge in [-0.25, -0.2) is 0 Å². The molecule has 3 rings (SSSR count). The molecule has 150 valence electrons. The van der Waals surface area contributed by atoms with Crippen LogP contribution in [0.3, 0.4) is 0 Å². The number of amides is 1. The number of nitriles is 1. The van der Waals surface area contributed by atoms with Gasteiger partial charge in [0.25, 0.3) is 5.91 Å². The molecular formula is C23H25N3O3. The fraction of sp³-hybridized carbons (Fsp3) is 0.304. The van der Waals surface area contributed by atoms with Crippen molar-refractivity contribution in [3.05, 3.63) is 65.4 Å². The molecule has 2 aromatic carbocycles. The van der Waals surface area contributed by atoms with Crippen LogP contribution in [0.4, 0.5) is 5.69 Å². The van der Waals surface area contributed by atoms with Gasteiger partial charge in [-0.05, 0) is 36.1 Å². The molecule has 0 saturated carbocycles. The summed E-state index contributed by atoms with van der Waals surface area (Å²) in [6.45, 7) is 6.88. The molecule has 0 saturated heterocycles. The number of hydrogen-bond donors (Lipinski definition) is 2. The van der Waals surface area contributed by atoms with Gasteiger partial charge in [-0.15, -0.1) is 0 Å². The Hall–Kier alpha value is -3.46. The van der Waals surface area contributed by atoms with E-state index in [2.05, 4.69) is 24.5 Å². The number of ether oxygens (including phenoxy) is 2. The number of rotatable bonds is 6. The lowest BCUT2D eigenvalue weighted by atomic mass is 9.98. The maximum atomic E-state index is 12.6. The van der Waals surface area contributed by atoms with Crippen LogP contribution < -0.4 is 20.1 Å². The van der Waals surface area contributed by atoms with E-state index >= 15 is 0 Å². The predicted molar refractivity (Wildman–Crippen MR) is 112 cm³/mol. The Labute approximate surface area is 171 Å². The number of benzene rings is 2. The molecule has 1 heterocycles. The summed E-state index contributed by atoms with van der Waals surface area (Å²) in [5.41, 5.74) is 2.76. The van der Waals surface area contributed by atoms with E-state index in [9.17, 15) is 10.1 Å². The van der Waals surface area contributed by atoms with Gasteiger partial charge in [-0.3, -0.25) is 4.79 Å². The van der Waals surface area contributed by atoms with Crippen LogP contribution in [0.25, 0.3) is 0 Å². The standard InChI is InChI=1S/C23H25N3O3/c1-15(2)19-8-6-7-16(3)22(19)26-23(27)17(11-24)12-25-13-18-14-28-20-9-4-5-10-21(20)29-18/h4-10,12,15,18,25H,13-14H2,1-3H3,(H,26,27)/b17-12-. The smallest absolute Gasteiger partial charge is 0.267 e. The average Bonchev–Trinajstić information content (AvgIpc) is 2.72. The molecule has 1 atom stereocenters. The predicted octanol–water partition coefficient (Wildman–Crippen LogP) is 3.89. The molecule has 6 heteroatoms. The number of hydrogen-bond acceptors (Lipinski definition) is 5. The third kappa shape index (κ3) is 4.88. The highest BCUT2D eigenvalue weighted by Gasteiger charge is 2.20. The zero-order valence-corrected chi connectivity index (χ0v) is 16.9. The maximum absolute atomic E-state index is 12.6. The second kappa shape index (κ2) is 9.16. The van der Waals surface area contributed by atoms with Crippen LogP contribution in [0.15, 0.2) is 54.2 Å². The molecule has 2 N–H and O–H groups in total. The Bertz CT molecular complexity index is 960. The van der Waals surface area contributed by atoms with Crippen LogP contribution in [0.1, 0.15) is 30.9 Å². The van der Waals surface area contributed by atoms with Gasteiger partial charge in [0.15, 0.2) is 11.5 Å². The van der Waals surface area contributed by atoms with Crippen LogP contribution in [-0.2, 0) is 4.79 Å². The Balaban J connectivity index is 1.62. The summed E-state index contributed by atoms with van der Waals surface area (Å²) in [7, 11) is 0. The van der Waals surface area contributed by atoms with Crippen molar-refractivity contribution < 1.29 is 14.3 Å². The minimum atomic E-state index is -0.442. The van der Waals surface area contributed by atoms with Crippen molar-refractivity contribution in [3.8, 4) is 17.6 Å². The number of nitrogens with zero attached hydrogens (tertiary/aromatic N) is 1. The number of anilines is 1.